The minimum absolute atomic E-state index is 0.0374. The third kappa shape index (κ3) is 4.21. The lowest BCUT2D eigenvalue weighted by Gasteiger charge is -2.32. The average Bonchev–Trinajstić information content (AvgIpc) is 3.19. The quantitative estimate of drug-likeness (QED) is 0.702. The van der Waals surface area contributed by atoms with Gasteiger partial charge in [0.1, 0.15) is 18.9 Å². The molecule has 9 nitrogen and oxygen atoms in total. The highest BCUT2D eigenvalue weighted by molar-refractivity contribution is 6.03. The highest BCUT2D eigenvalue weighted by Crippen LogP contribution is 2.27. The van der Waals surface area contributed by atoms with E-state index in [0.29, 0.717) is 19.0 Å². The number of nitrogens with one attached hydrogen (secondary N) is 1. The third-order valence-corrected chi connectivity index (χ3v) is 4.94. The van der Waals surface area contributed by atoms with Crippen LogP contribution in [0.25, 0.3) is 0 Å². The van der Waals surface area contributed by atoms with E-state index in [9.17, 15) is 14.4 Å². The zero-order chi connectivity index (χ0) is 18.7. The average molecular weight is 362 g/mol. The molecule has 0 unspecified atom stereocenters. The molecule has 3 heterocycles. The molecule has 1 N–H and O–H groups in total. The number of hydrogen-bond donors (Lipinski definition) is 1. The molecule has 0 radical (unpaired) electrons. The number of carbonyl (C=O) groups excluding carboxylic acids is 3. The van der Waals surface area contributed by atoms with Crippen molar-refractivity contribution in [3.8, 4) is 0 Å². The number of carbonyl (C=O) groups is 3. The van der Waals surface area contributed by atoms with Gasteiger partial charge in [-0.1, -0.05) is 0 Å². The molecule has 0 atom stereocenters. The first-order chi connectivity index (χ1) is 12.4. The monoisotopic (exact) mass is 362 g/mol. The van der Waals surface area contributed by atoms with E-state index in [-0.39, 0.29) is 24.9 Å². The fraction of sp³-hybridized carbons (Fsp3) is 0.647. The summed E-state index contributed by atoms with van der Waals surface area (Å²) in [6.07, 6.45) is 5.57. The van der Waals surface area contributed by atoms with Crippen molar-refractivity contribution in [3.05, 3.63) is 18.2 Å². The lowest BCUT2D eigenvalue weighted by atomic mass is 9.95. The van der Waals surface area contributed by atoms with E-state index in [0.717, 1.165) is 31.8 Å². The minimum Gasteiger partial charge on any atom is -0.341 e. The lowest BCUT2D eigenvalue weighted by Crippen LogP contribution is -2.44. The van der Waals surface area contributed by atoms with Crippen molar-refractivity contribution >= 4 is 17.8 Å². The Balaban J connectivity index is 1.51. The highest BCUT2D eigenvalue weighted by Gasteiger charge is 2.31. The second-order valence-electron chi connectivity index (χ2n) is 7.15. The molecule has 9 heteroatoms. The second kappa shape index (κ2) is 7.86. The predicted octanol–water partition coefficient (Wildman–Crippen LogP) is -0.297. The predicted molar refractivity (Wildman–Crippen MR) is 94.4 cm³/mol. The first-order valence-corrected chi connectivity index (χ1v) is 8.96. The van der Waals surface area contributed by atoms with Gasteiger partial charge < -0.3 is 19.3 Å². The fourth-order valence-electron chi connectivity index (χ4n) is 3.44. The minimum atomic E-state index is -0.485. The number of rotatable bonds is 6. The Morgan fingerprint density at radius 3 is 2.65 bits per heavy atom. The lowest BCUT2D eigenvalue weighted by molar-refractivity contribution is -0.132. The molecule has 2 saturated heterocycles. The fourth-order valence-corrected chi connectivity index (χ4v) is 3.44. The molecule has 2 aliphatic heterocycles. The van der Waals surface area contributed by atoms with Gasteiger partial charge in [0.25, 0.3) is 0 Å². The van der Waals surface area contributed by atoms with Gasteiger partial charge >= 0.3 is 6.03 Å². The molecule has 3 rings (SSSR count). The summed E-state index contributed by atoms with van der Waals surface area (Å²) < 4.78 is 2.20. The van der Waals surface area contributed by atoms with Crippen molar-refractivity contribution in [3.63, 3.8) is 0 Å². The summed E-state index contributed by atoms with van der Waals surface area (Å²) in [7, 11) is 4.10. The second-order valence-corrected chi connectivity index (χ2v) is 7.15. The van der Waals surface area contributed by atoms with E-state index < -0.39 is 6.03 Å². The highest BCUT2D eigenvalue weighted by atomic mass is 16.2. The van der Waals surface area contributed by atoms with Crippen LogP contribution in [0.5, 0.6) is 0 Å². The van der Waals surface area contributed by atoms with Crippen molar-refractivity contribution in [2.45, 2.75) is 25.3 Å². The zero-order valence-electron chi connectivity index (χ0n) is 15.3. The molecule has 26 heavy (non-hydrogen) atoms. The van der Waals surface area contributed by atoms with E-state index in [1.54, 1.807) is 4.90 Å². The number of piperidine rings is 1. The molecule has 0 saturated carbocycles. The molecular weight excluding hydrogens is 336 g/mol. The smallest absolute Gasteiger partial charge is 0.325 e. The zero-order valence-corrected chi connectivity index (χ0v) is 15.3. The van der Waals surface area contributed by atoms with Gasteiger partial charge in [-0.25, -0.2) is 9.78 Å². The molecule has 142 valence electrons. The van der Waals surface area contributed by atoms with Crippen molar-refractivity contribution in [2.24, 2.45) is 0 Å². The summed E-state index contributed by atoms with van der Waals surface area (Å²) in [5.41, 5.74) is 0. The molecule has 4 amide bonds. The van der Waals surface area contributed by atoms with Crippen LogP contribution in [0, 0.1) is 0 Å². The largest absolute Gasteiger partial charge is 0.341 e. The number of urea groups is 1. The molecule has 0 aromatic carbocycles. The third-order valence-electron chi connectivity index (χ3n) is 4.94. The number of aromatic nitrogens is 2. The molecule has 0 spiro atoms. The van der Waals surface area contributed by atoms with Crippen molar-refractivity contribution in [2.75, 3.05) is 46.8 Å². The van der Waals surface area contributed by atoms with Crippen LogP contribution in [-0.2, 0) is 16.1 Å². The Morgan fingerprint density at radius 2 is 2.04 bits per heavy atom. The maximum atomic E-state index is 12.4. The summed E-state index contributed by atoms with van der Waals surface area (Å²) in [6.45, 7) is 3.07. The van der Waals surface area contributed by atoms with Crippen LogP contribution < -0.4 is 5.32 Å². The number of likely N-dealkylation sites (tertiary alicyclic amines) is 1. The summed E-state index contributed by atoms with van der Waals surface area (Å²) in [5, 5.41) is 2.19. The van der Waals surface area contributed by atoms with Crippen molar-refractivity contribution < 1.29 is 14.4 Å². The molecular formula is C17H26N6O3. The normalized spacial score (nSPS) is 18.7. The standard InChI is InChI=1S/C17H26N6O3/c1-20(2)9-10-22-8-5-18-16(22)13-3-6-21(7-4-13)15(25)12-23-11-14(24)19-17(23)26/h5,8,13H,3-4,6-7,9-12H2,1-2H3,(H,19,24,26). The van der Waals surface area contributed by atoms with E-state index in [2.05, 4.69) is 33.9 Å². The van der Waals surface area contributed by atoms with Crippen LogP contribution >= 0.6 is 0 Å². The topological polar surface area (TPSA) is 90.8 Å². The van der Waals surface area contributed by atoms with Gasteiger partial charge in [-0.15, -0.1) is 0 Å². The molecule has 2 fully saturated rings. The van der Waals surface area contributed by atoms with Gasteiger partial charge in [0.05, 0.1) is 0 Å². The van der Waals surface area contributed by atoms with E-state index in [1.165, 1.54) is 4.90 Å². The number of imide groups is 1. The summed E-state index contributed by atoms with van der Waals surface area (Å²) >= 11 is 0. The Hall–Kier alpha value is -2.42. The first-order valence-electron chi connectivity index (χ1n) is 8.96. The van der Waals surface area contributed by atoms with Gasteiger partial charge in [-0.2, -0.15) is 0 Å². The molecule has 1 aromatic rings. The van der Waals surface area contributed by atoms with Gasteiger partial charge in [-0.05, 0) is 26.9 Å². The number of nitrogens with zero attached hydrogens (tertiary/aromatic N) is 5. The molecule has 2 aliphatic rings. The summed E-state index contributed by atoms with van der Waals surface area (Å²) in [6, 6.07) is -0.485. The van der Waals surface area contributed by atoms with Crippen LogP contribution in [-0.4, -0.2) is 88.9 Å². The SMILES string of the molecule is CN(C)CCn1ccnc1C1CCN(C(=O)CN2CC(=O)NC2=O)CC1. The van der Waals surface area contributed by atoms with Crippen LogP contribution in [0.1, 0.15) is 24.6 Å². The number of likely N-dealkylation sites (N-methyl/N-ethyl adjacent to an activating group) is 1. The Labute approximate surface area is 152 Å². The summed E-state index contributed by atoms with van der Waals surface area (Å²) in [4.78, 5) is 44.9. The maximum Gasteiger partial charge on any atom is 0.325 e. The molecule has 0 aliphatic carbocycles. The number of imidazole rings is 1. The van der Waals surface area contributed by atoms with Gasteiger partial charge in [-0.3, -0.25) is 14.9 Å². The number of amides is 4. The molecule has 1 aromatic heterocycles. The Kier molecular flexibility index (Phi) is 5.55. The Bertz CT molecular complexity index is 678. The van der Waals surface area contributed by atoms with E-state index in [4.69, 9.17) is 0 Å². The van der Waals surface area contributed by atoms with Crippen LogP contribution in [0.15, 0.2) is 12.4 Å². The van der Waals surface area contributed by atoms with E-state index >= 15 is 0 Å². The molecule has 0 bridgehead atoms. The van der Waals surface area contributed by atoms with Crippen molar-refractivity contribution in [1.82, 2.24) is 29.6 Å². The van der Waals surface area contributed by atoms with Crippen LogP contribution in [0.3, 0.4) is 0 Å². The van der Waals surface area contributed by atoms with Crippen LogP contribution in [0.2, 0.25) is 0 Å². The van der Waals surface area contributed by atoms with Crippen LogP contribution in [0.4, 0.5) is 4.79 Å². The Morgan fingerprint density at radius 1 is 1.31 bits per heavy atom. The summed E-state index contributed by atoms with van der Waals surface area (Å²) in [5.74, 6) is 0.964. The van der Waals surface area contributed by atoms with Gasteiger partial charge in [0, 0.05) is 44.5 Å². The van der Waals surface area contributed by atoms with Gasteiger partial charge in [0.15, 0.2) is 0 Å². The van der Waals surface area contributed by atoms with Gasteiger partial charge in [0.2, 0.25) is 11.8 Å². The van der Waals surface area contributed by atoms with E-state index in [1.807, 2.05) is 12.4 Å². The maximum absolute atomic E-state index is 12.4. The van der Waals surface area contributed by atoms with Crippen molar-refractivity contribution in [1.29, 1.82) is 0 Å². The number of hydrogen-bond acceptors (Lipinski definition) is 5. The first kappa shape index (κ1) is 18.4.